The number of nitrogens with one attached hydrogen (secondary N) is 2. The average molecular weight is 289 g/mol. The Labute approximate surface area is 118 Å². The molecule has 2 N–H and O–H groups in total. The Balaban J connectivity index is 2.45. The third-order valence-corrected chi connectivity index (χ3v) is 4.41. The molecule has 0 atom stereocenters. The van der Waals surface area contributed by atoms with Crippen molar-refractivity contribution in [3.05, 3.63) is 53.6 Å². The molecule has 0 unspecified atom stereocenters. The van der Waals surface area contributed by atoms with E-state index in [0.717, 1.165) is 11.1 Å². The number of anilines is 1. The van der Waals surface area contributed by atoms with Crippen LogP contribution in [0.15, 0.2) is 52.5 Å². The van der Waals surface area contributed by atoms with Crippen LogP contribution in [0.3, 0.4) is 0 Å². The first kappa shape index (κ1) is 14.2. The van der Waals surface area contributed by atoms with Gasteiger partial charge in [0.1, 0.15) is 5.69 Å². The van der Waals surface area contributed by atoms with Gasteiger partial charge in [0, 0.05) is 0 Å². The van der Waals surface area contributed by atoms with Gasteiger partial charge in [0.15, 0.2) is 0 Å². The van der Waals surface area contributed by atoms with Crippen LogP contribution in [0.25, 0.3) is 0 Å². The molecule has 2 rings (SSSR count). The Hall–Kier alpha value is -2.21. The van der Waals surface area contributed by atoms with Crippen LogP contribution in [0.1, 0.15) is 11.1 Å². The molecule has 2 aromatic carbocycles. The van der Waals surface area contributed by atoms with Crippen LogP contribution in [0.5, 0.6) is 0 Å². The van der Waals surface area contributed by atoms with Crippen molar-refractivity contribution in [3.8, 4) is 0 Å². The zero-order valence-corrected chi connectivity index (χ0v) is 12.0. The minimum absolute atomic E-state index is 0.175. The maximum Gasteiger partial charge on any atom is 0.261 e. The number of nitrogens with zero attached hydrogens (tertiary/aromatic N) is 1. The van der Waals surface area contributed by atoms with Crippen molar-refractivity contribution in [1.82, 2.24) is 0 Å². The summed E-state index contributed by atoms with van der Waals surface area (Å²) in [5, 5.41) is 3.37. The van der Waals surface area contributed by atoms with Gasteiger partial charge in [0.2, 0.25) is 0 Å². The monoisotopic (exact) mass is 289 g/mol. The van der Waals surface area contributed by atoms with E-state index in [9.17, 15) is 8.42 Å². The molecule has 104 valence electrons. The first-order chi connectivity index (χ1) is 9.44. The second-order valence-electron chi connectivity index (χ2n) is 4.48. The molecule has 6 heteroatoms. The molecule has 0 aliphatic carbocycles. The molecule has 0 saturated heterocycles. The van der Waals surface area contributed by atoms with Gasteiger partial charge in [-0.3, -0.25) is 4.72 Å². The van der Waals surface area contributed by atoms with Gasteiger partial charge in [-0.05, 0) is 49.2 Å². The van der Waals surface area contributed by atoms with E-state index in [2.05, 4.69) is 9.84 Å². The summed E-state index contributed by atoms with van der Waals surface area (Å²) in [4.78, 5) is 0.175. The Morgan fingerprint density at radius 3 is 2.25 bits per heavy atom. The van der Waals surface area contributed by atoms with Crippen LogP contribution in [0, 0.1) is 19.4 Å². The summed E-state index contributed by atoms with van der Waals surface area (Å²) in [6.45, 7) is 3.77. The number of hydrogen-bond acceptors (Lipinski definition) is 4. The Bertz CT molecular complexity index is 741. The zero-order valence-electron chi connectivity index (χ0n) is 11.2. The van der Waals surface area contributed by atoms with Crippen molar-refractivity contribution < 1.29 is 8.42 Å². The number of aryl methyl sites for hydroxylation is 2. The van der Waals surface area contributed by atoms with E-state index in [1.165, 1.54) is 12.1 Å². The van der Waals surface area contributed by atoms with E-state index in [1.807, 2.05) is 13.8 Å². The molecule has 0 saturated carbocycles. The van der Waals surface area contributed by atoms with Gasteiger partial charge in [-0.15, -0.1) is 0 Å². The van der Waals surface area contributed by atoms with Crippen molar-refractivity contribution in [3.63, 3.8) is 0 Å². The van der Waals surface area contributed by atoms with Gasteiger partial charge in [0.05, 0.1) is 10.6 Å². The molecule has 2 aromatic rings. The molecule has 0 fully saturated rings. The van der Waals surface area contributed by atoms with E-state index >= 15 is 0 Å². The predicted molar refractivity (Wildman–Crippen MR) is 78.0 cm³/mol. The van der Waals surface area contributed by atoms with E-state index in [-0.39, 0.29) is 4.90 Å². The number of sulfonamides is 1. The lowest BCUT2D eigenvalue weighted by molar-refractivity contribution is 0.601. The van der Waals surface area contributed by atoms with Crippen molar-refractivity contribution in [2.75, 3.05) is 4.72 Å². The summed E-state index contributed by atoms with van der Waals surface area (Å²) in [5.41, 5.74) is 9.66. The Kier molecular flexibility index (Phi) is 3.85. The zero-order chi connectivity index (χ0) is 14.8. The number of hydrogen-bond donors (Lipinski definition) is 2. The average Bonchev–Trinajstić information content (AvgIpc) is 2.43. The molecule has 0 spiro atoms. The minimum Gasteiger partial charge on any atom is -0.277 e. The fourth-order valence-corrected chi connectivity index (χ4v) is 2.86. The number of benzene rings is 2. The lowest BCUT2D eigenvalue weighted by atomic mass is 10.1. The van der Waals surface area contributed by atoms with E-state index < -0.39 is 10.0 Å². The first-order valence-electron chi connectivity index (χ1n) is 6.00. The summed E-state index contributed by atoms with van der Waals surface area (Å²) >= 11 is 0. The fourth-order valence-electron chi connectivity index (χ4n) is 1.78. The molecule has 0 aliphatic rings. The molecule has 0 aliphatic heterocycles. The summed E-state index contributed by atoms with van der Waals surface area (Å²) in [7, 11) is -3.67. The molecular weight excluding hydrogens is 274 g/mol. The highest BCUT2D eigenvalue weighted by atomic mass is 32.2. The largest absolute Gasteiger partial charge is 0.277 e. The van der Waals surface area contributed by atoms with Gasteiger partial charge < -0.3 is 0 Å². The van der Waals surface area contributed by atoms with Gasteiger partial charge in [-0.25, -0.2) is 13.9 Å². The molecule has 0 bridgehead atoms. The molecular formula is C14H15N3O2S. The lowest BCUT2D eigenvalue weighted by Gasteiger charge is -2.12. The minimum atomic E-state index is -3.67. The second kappa shape index (κ2) is 5.42. The highest BCUT2D eigenvalue weighted by Gasteiger charge is 2.16. The topological polar surface area (TPSA) is 82.4 Å². The standard InChI is InChI=1S/C14H15N3O2S/c1-10-8-13(16-15)14(9-11(10)2)17-20(18,19)12-6-4-3-5-7-12/h3-9,15,17H,1-2H3. The smallest absolute Gasteiger partial charge is 0.261 e. The third-order valence-electron chi connectivity index (χ3n) is 3.03. The van der Waals surface area contributed by atoms with Crippen molar-refractivity contribution in [1.29, 1.82) is 5.53 Å². The molecule has 0 amide bonds. The van der Waals surface area contributed by atoms with E-state index in [4.69, 9.17) is 5.53 Å². The maximum atomic E-state index is 12.3. The normalized spacial score (nSPS) is 11.1. The molecule has 5 nitrogen and oxygen atoms in total. The third kappa shape index (κ3) is 2.85. The van der Waals surface area contributed by atoms with Crippen LogP contribution >= 0.6 is 0 Å². The van der Waals surface area contributed by atoms with Crippen molar-refractivity contribution in [2.24, 2.45) is 5.11 Å². The highest BCUT2D eigenvalue weighted by molar-refractivity contribution is 7.92. The Morgan fingerprint density at radius 1 is 1.05 bits per heavy atom. The molecule has 0 radical (unpaired) electrons. The molecule has 0 aromatic heterocycles. The van der Waals surface area contributed by atoms with Crippen LogP contribution < -0.4 is 4.72 Å². The summed E-state index contributed by atoms with van der Waals surface area (Å²) in [6.07, 6.45) is 0. The van der Waals surface area contributed by atoms with Gasteiger partial charge in [-0.1, -0.05) is 18.2 Å². The van der Waals surface area contributed by atoms with Crippen molar-refractivity contribution >= 4 is 21.4 Å². The lowest BCUT2D eigenvalue weighted by Crippen LogP contribution is -2.13. The highest BCUT2D eigenvalue weighted by Crippen LogP contribution is 2.30. The van der Waals surface area contributed by atoms with Crippen LogP contribution in [-0.4, -0.2) is 8.42 Å². The maximum absolute atomic E-state index is 12.3. The Morgan fingerprint density at radius 2 is 1.65 bits per heavy atom. The van der Waals surface area contributed by atoms with Gasteiger partial charge in [-0.2, -0.15) is 5.11 Å². The second-order valence-corrected chi connectivity index (χ2v) is 6.17. The summed E-state index contributed by atoms with van der Waals surface area (Å²) in [6, 6.07) is 11.5. The first-order valence-corrected chi connectivity index (χ1v) is 7.49. The quantitative estimate of drug-likeness (QED) is 0.840. The van der Waals surface area contributed by atoms with E-state index in [0.29, 0.717) is 11.4 Å². The number of rotatable bonds is 4. The SMILES string of the molecule is Cc1cc(N=N)c(NS(=O)(=O)c2ccccc2)cc1C. The van der Waals surface area contributed by atoms with Crippen LogP contribution in [0.2, 0.25) is 0 Å². The van der Waals surface area contributed by atoms with E-state index in [1.54, 1.807) is 30.3 Å². The molecule has 20 heavy (non-hydrogen) atoms. The fraction of sp³-hybridized carbons (Fsp3) is 0.143. The molecule has 0 heterocycles. The van der Waals surface area contributed by atoms with Gasteiger partial charge in [0.25, 0.3) is 10.0 Å². The predicted octanol–water partition coefficient (Wildman–Crippen LogP) is 3.77. The van der Waals surface area contributed by atoms with Gasteiger partial charge >= 0.3 is 0 Å². The summed E-state index contributed by atoms with van der Waals surface area (Å²) in [5.74, 6) is 0. The van der Waals surface area contributed by atoms with Crippen LogP contribution in [0.4, 0.5) is 11.4 Å². The van der Waals surface area contributed by atoms with Crippen molar-refractivity contribution in [2.45, 2.75) is 18.7 Å². The summed E-state index contributed by atoms with van der Waals surface area (Å²) < 4.78 is 27.0. The van der Waals surface area contributed by atoms with Crippen LogP contribution in [-0.2, 0) is 10.0 Å².